The maximum absolute atomic E-state index is 8.01. The van der Waals surface area contributed by atoms with Crippen molar-refractivity contribution >= 4 is 28.0 Å². The molecule has 5 N–H and O–H groups in total. The second-order valence-electron chi connectivity index (χ2n) is 7.27. The zero-order chi connectivity index (χ0) is 20.4. The van der Waals surface area contributed by atoms with Crippen molar-refractivity contribution in [3.05, 3.63) is 96.1 Å². The van der Waals surface area contributed by atoms with Crippen LogP contribution in [0.5, 0.6) is 0 Å². The van der Waals surface area contributed by atoms with Crippen molar-refractivity contribution in [3.63, 3.8) is 0 Å². The van der Waals surface area contributed by atoms with Gasteiger partial charge in [-0.1, -0.05) is 60.7 Å². The van der Waals surface area contributed by atoms with Crippen molar-refractivity contribution < 1.29 is 0 Å². The van der Waals surface area contributed by atoms with Crippen LogP contribution in [-0.4, -0.2) is 12.9 Å². The van der Waals surface area contributed by atoms with Crippen molar-refractivity contribution in [1.29, 1.82) is 5.41 Å². The summed E-state index contributed by atoms with van der Waals surface area (Å²) in [7, 11) is 2.04. The van der Waals surface area contributed by atoms with Gasteiger partial charge in [0.05, 0.1) is 11.4 Å². The zero-order valence-corrected chi connectivity index (χ0v) is 16.4. The molecule has 0 fully saturated rings. The van der Waals surface area contributed by atoms with Crippen LogP contribution < -0.4 is 16.4 Å². The van der Waals surface area contributed by atoms with E-state index in [1.165, 1.54) is 5.56 Å². The van der Waals surface area contributed by atoms with Crippen molar-refractivity contribution in [2.75, 3.05) is 17.7 Å². The number of amidine groups is 1. The molecule has 0 radical (unpaired) electrons. The third-order valence-electron chi connectivity index (χ3n) is 5.21. The van der Waals surface area contributed by atoms with E-state index in [-0.39, 0.29) is 5.84 Å². The van der Waals surface area contributed by atoms with E-state index in [0.717, 1.165) is 45.4 Å². The number of anilines is 2. The molecule has 4 aromatic rings. The van der Waals surface area contributed by atoms with Crippen LogP contribution in [0.2, 0.25) is 0 Å². The van der Waals surface area contributed by atoms with E-state index in [2.05, 4.69) is 41.3 Å². The average molecular weight is 380 g/mol. The summed E-state index contributed by atoms with van der Waals surface area (Å²) >= 11 is 0. The number of fused-ring (bicyclic) bond motifs is 1. The van der Waals surface area contributed by atoms with Crippen LogP contribution in [0.25, 0.3) is 21.9 Å². The standard InChI is InChI=1S/C25H24N4/c1-29(24-9-5-4-8-23(24)26)16-17-10-12-18(13-11-17)21-14-19-6-2-3-7-20(19)15-22(21)25(27)28/h2-15H,16,26H2,1H3,(H3,27,28). The number of rotatable bonds is 5. The first kappa shape index (κ1) is 18.6. The summed E-state index contributed by atoms with van der Waals surface area (Å²) in [6, 6.07) is 28.5. The lowest BCUT2D eigenvalue weighted by atomic mass is 9.94. The molecule has 4 aromatic carbocycles. The van der Waals surface area contributed by atoms with E-state index in [0.29, 0.717) is 0 Å². The van der Waals surface area contributed by atoms with Gasteiger partial charge >= 0.3 is 0 Å². The summed E-state index contributed by atoms with van der Waals surface area (Å²) < 4.78 is 0. The van der Waals surface area contributed by atoms with Gasteiger partial charge < -0.3 is 16.4 Å². The predicted octanol–water partition coefficient (Wildman–Crippen LogP) is 5.01. The Morgan fingerprint density at radius 3 is 2.14 bits per heavy atom. The monoisotopic (exact) mass is 380 g/mol. The SMILES string of the molecule is CN(Cc1ccc(-c2cc3ccccc3cc2C(=N)N)cc1)c1ccccc1N. The molecule has 0 saturated heterocycles. The number of para-hydroxylation sites is 2. The Morgan fingerprint density at radius 1 is 0.862 bits per heavy atom. The van der Waals surface area contributed by atoms with Crippen LogP contribution in [0.1, 0.15) is 11.1 Å². The summed E-state index contributed by atoms with van der Waals surface area (Å²) in [6.45, 7) is 0.756. The number of nitrogen functional groups attached to an aromatic ring is 2. The van der Waals surface area contributed by atoms with Crippen molar-refractivity contribution in [2.45, 2.75) is 6.54 Å². The van der Waals surface area contributed by atoms with Crippen LogP contribution in [-0.2, 0) is 6.54 Å². The normalized spacial score (nSPS) is 10.8. The summed E-state index contributed by atoms with van der Waals surface area (Å²) in [6.07, 6.45) is 0. The van der Waals surface area contributed by atoms with Gasteiger partial charge in [-0.25, -0.2) is 0 Å². The Kier molecular flexibility index (Phi) is 4.92. The Bertz CT molecular complexity index is 1180. The van der Waals surface area contributed by atoms with Gasteiger partial charge in [-0.15, -0.1) is 0 Å². The molecule has 29 heavy (non-hydrogen) atoms. The molecular formula is C25H24N4. The van der Waals surface area contributed by atoms with E-state index < -0.39 is 0 Å². The Hall–Kier alpha value is -3.79. The van der Waals surface area contributed by atoms with Gasteiger partial charge in [0.2, 0.25) is 0 Å². The molecule has 0 spiro atoms. The van der Waals surface area contributed by atoms with E-state index in [4.69, 9.17) is 16.9 Å². The Morgan fingerprint density at radius 2 is 1.48 bits per heavy atom. The molecule has 4 rings (SSSR count). The molecular weight excluding hydrogens is 356 g/mol. The quantitative estimate of drug-likeness (QED) is 0.259. The molecule has 0 amide bonds. The van der Waals surface area contributed by atoms with Crippen LogP contribution in [0.3, 0.4) is 0 Å². The molecule has 4 heteroatoms. The van der Waals surface area contributed by atoms with E-state index in [1.807, 2.05) is 55.6 Å². The smallest absolute Gasteiger partial charge is 0.123 e. The van der Waals surface area contributed by atoms with Crippen LogP contribution >= 0.6 is 0 Å². The third kappa shape index (κ3) is 3.78. The summed E-state index contributed by atoms with van der Waals surface area (Å²) in [5, 5.41) is 10.2. The first-order chi connectivity index (χ1) is 14.0. The first-order valence-electron chi connectivity index (χ1n) is 9.55. The fraction of sp³-hybridized carbons (Fsp3) is 0.0800. The molecule has 4 nitrogen and oxygen atoms in total. The van der Waals surface area contributed by atoms with Gasteiger partial charge in [-0.05, 0) is 51.7 Å². The molecule has 0 aliphatic carbocycles. The fourth-order valence-corrected chi connectivity index (χ4v) is 3.69. The minimum absolute atomic E-state index is 0.0779. The molecule has 0 aliphatic heterocycles. The molecule has 0 aliphatic rings. The highest BCUT2D eigenvalue weighted by atomic mass is 15.1. The predicted molar refractivity (Wildman–Crippen MR) is 123 cm³/mol. The molecule has 0 heterocycles. The second-order valence-corrected chi connectivity index (χ2v) is 7.27. The fourth-order valence-electron chi connectivity index (χ4n) is 3.69. The largest absolute Gasteiger partial charge is 0.397 e. The van der Waals surface area contributed by atoms with Gasteiger partial charge in [-0.2, -0.15) is 0 Å². The maximum Gasteiger partial charge on any atom is 0.123 e. The van der Waals surface area contributed by atoms with Gasteiger partial charge in [0.1, 0.15) is 5.84 Å². The van der Waals surface area contributed by atoms with Crippen LogP contribution in [0.15, 0.2) is 84.9 Å². The number of hydrogen-bond acceptors (Lipinski definition) is 3. The van der Waals surface area contributed by atoms with Crippen molar-refractivity contribution in [3.8, 4) is 11.1 Å². The Balaban J connectivity index is 1.65. The van der Waals surface area contributed by atoms with Crippen LogP contribution in [0.4, 0.5) is 11.4 Å². The molecule has 0 saturated carbocycles. The summed E-state index contributed by atoms with van der Waals surface area (Å²) in [5.74, 6) is 0.0779. The van der Waals surface area contributed by atoms with Crippen LogP contribution in [0, 0.1) is 5.41 Å². The highest BCUT2D eigenvalue weighted by molar-refractivity contribution is 6.06. The molecule has 144 valence electrons. The second kappa shape index (κ2) is 7.68. The molecule has 0 unspecified atom stereocenters. The lowest BCUT2D eigenvalue weighted by molar-refractivity contribution is 0.925. The molecule has 0 aromatic heterocycles. The van der Waals surface area contributed by atoms with Gasteiger partial charge in [0.25, 0.3) is 0 Å². The molecule has 0 bridgehead atoms. The van der Waals surface area contributed by atoms with Crippen molar-refractivity contribution in [1.82, 2.24) is 0 Å². The number of benzene rings is 4. The third-order valence-corrected chi connectivity index (χ3v) is 5.21. The van der Waals surface area contributed by atoms with E-state index in [9.17, 15) is 0 Å². The lowest BCUT2D eigenvalue weighted by Crippen LogP contribution is -2.17. The van der Waals surface area contributed by atoms with E-state index >= 15 is 0 Å². The lowest BCUT2D eigenvalue weighted by Gasteiger charge is -2.21. The highest BCUT2D eigenvalue weighted by Gasteiger charge is 2.11. The Labute approximate surface area is 170 Å². The number of hydrogen-bond donors (Lipinski definition) is 3. The van der Waals surface area contributed by atoms with E-state index in [1.54, 1.807) is 0 Å². The van der Waals surface area contributed by atoms with Crippen molar-refractivity contribution in [2.24, 2.45) is 5.73 Å². The average Bonchev–Trinajstić information content (AvgIpc) is 2.73. The van der Waals surface area contributed by atoms with Gasteiger partial charge in [0.15, 0.2) is 0 Å². The van der Waals surface area contributed by atoms with Gasteiger partial charge in [-0.3, -0.25) is 5.41 Å². The highest BCUT2D eigenvalue weighted by Crippen LogP contribution is 2.30. The minimum Gasteiger partial charge on any atom is -0.397 e. The number of nitrogens with two attached hydrogens (primary N) is 2. The zero-order valence-electron chi connectivity index (χ0n) is 16.4. The number of nitrogens with zero attached hydrogens (tertiary/aromatic N) is 1. The summed E-state index contributed by atoms with van der Waals surface area (Å²) in [4.78, 5) is 2.14. The summed E-state index contributed by atoms with van der Waals surface area (Å²) in [5.41, 5.74) is 17.7. The number of nitrogens with one attached hydrogen (secondary N) is 1. The maximum atomic E-state index is 8.01. The molecule has 0 atom stereocenters. The van der Waals surface area contributed by atoms with Gasteiger partial charge in [0, 0.05) is 19.2 Å². The first-order valence-corrected chi connectivity index (χ1v) is 9.55. The topological polar surface area (TPSA) is 79.1 Å². The minimum atomic E-state index is 0.0779.